The molecule has 1 aromatic rings. The molecule has 3 rings (SSSR count). The summed E-state index contributed by atoms with van der Waals surface area (Å²) in [5.41, 5.74) is 4.37. The summed E-state index contributed by atoms with van der Waals surface area (Å²) < 4.78 is 0. The van der Waals surface area contributed by atoms with Crippen LogP contribution in [0.25, 0.3) is 0 Å². The maximum absolute atomic E-state index is 9.53. The van der Waals surface area contributed by atoms with E-state index >= 15 is 0 Å². The van der Waals surface area contributed by atoms with Crippen LogP contribution in [0, 0.1) is 16.7 Å². The second kappa shape index (κ2) is 4.52. The average molecular weight is 268 g/mol. The number of nitrogens with zero attached hydrogens (tertiary/aromatic N) is 2. The topological polar surface area (TPSA) is 27.0 Å². The molecule has 2 aliphatic rings. The van der Waals surface area contributed by atoms with Gasteiger partial charge in [0.25, 0.3) is 0 Å². The van der Waals surface area contributed by atoms with E-state index < -0.39 is 0 Å². The first-order chi connectivity index (χ1) is 9.51. The molecular weight excluding hydrogens is 244 g/mol. The van der Waals surface area contributed by atoms with Crippen LogP contribution in [0.15, 0.2) is 18.2 Å². The van der Waals surface area contributed by atoms with E-state index in [0.29, 0.717) is 0 Å². The average Bonchev–Trinajstić information content (AvgIpc) is 2.74. The molecule has 0 saturated heterocycles. The van der Waals surface area contributed by atoms with Crippen molar-refractivity contribution < 1.29 is 0 Å². The monoisotopic (exact) mass is 268 g/mol. The first-order valence-corrected chi connectivity index (χ1v) is 7.80. The Hall–Kier alpha value is -1.49. The number of anilines is 1. The van der Waals surface area contributed by atoms with E-state index in [4.69, 9.17) is 0 Å². The maximum Gasteiger partial charge on any atom is 0.0687 e. The first kappa shape index (κ1) is 13.5. The minimum atomic E-state index is -0.216. The Labute approximate surface area is 122 Å². The smallest absolute Gasteiger partial charge is 0.0687 e. The summed E-state index contributed by atoms with van der Waals surface area (Å²) in [6, 6.07) is 9.33. The highest BCUT2D eigenvalue weighted by Gasteiger charge is 2.44. The van der Waals surface area contributed by atoms with Gasteiger partial charge in [-0.05, 0) is 43.7 Å². The van der Waals surface area contributed by atoms with Gasteiger partial charge in [0, 0.05) is 24.2 Å². The van der Waals surface area contributed by atoms with E-state index in [2.05, 4.69) is 49.9 Å². The second-order valence-corrected chi connectivity index (χ2v) is 7.10. The summed E-state index contributed by atoms with van der Waals surface area (Å²) in [5.74, 6) is 0. The van der Waals surface area contributed by atoms with Gasteiger partial charge in [-0.3, -0.25) is 0 Å². The lowest BCUT2D eigenvalue weighted by molar-refractivity contribution is 0.290. The van der Waals surface area contributed by atoms with Crippen molar-refractivity contribution in [2.24, 2.45) is 5.41 Å². The third kappa shape index (κ3) is 1.92. The predicted molar refractivity (Wildman–Crippen MR) is 83.0 cm³/mol. The van der Waals surface area contributed by atoms with Gasteiger partial charge in [-0.1, -0.05) is 32.0 Å². The Morgan fingerprint density at radius 3 is 2.95 bits per heavy atom. The van der Waals surface area contributed by atoms with Crippen molar-refractivity contribution in [1.29, 1.82) is 5.26 Å². The molecule has 2 nitrogen and oxygen atoms in total. The van der Waals surface area contributed by atoms with E-state index in [9.17, 15) is 5.26 Å². The Morgan fingerprint density at radius 1 is 1.45 bits per heavy atom. The molecule has 0 amide bonds. The van der Waals surface area contributed by atoms with Gasteiger partial charge in [0.2, 0.25) is 0 Å². The molecule has 2 aliphatic heterocycles. The van der Waals surface area contributed by atoms with Gasteiger partial charge in [-0.2, -0.15) is 5.26 Å². The number of hydrogen-bond acceptors (Lipinski definition) is 2. The molecule has 0 bridgehead atoms. The molecule has 2 unspecified atom stereocenters. The lowest BCUT2D eigenvalue weighted by Gasteiger charge is -2.33. The SMILES string of the molecule is CCC(C)(C#N)CC1(C)CN2CCCc3cccc1c32. The molecule has 1 aromatic carbocycles. The number of hydrogen-bond donors (Lipinski definition) is 0. The van der Waals surface area contributed by atoms with Crippen LogP contribution in [0.2, 0.25) is 0 Å². The molecule has 2 heterocycles. The van der Waals surface area contributed by atoms with Crippen LogP contribution >= 0.6 is 0 Å². The molecule has 0 fully saturated rings. The lowest BCUT2D eigenvalue weighted by Crippen LogP contribution is -2.36. The van der Waals surface area contributed by atoms with Gasteiger partial charge in [-0.15, -0.1) is 0 Å². The summed E-state index contributed by atoms with van der Waals surface area (Å²) >= 11 is 0. The molecule has 0 spiro atoms. The molecule has 0 aromatic heterocycles. The zero-order valence-electron chi connectivity index (χ0n) is 12.9. The Morgan fingerprint density at radius 2 is 2.25 bits per heavy atom. The van der Waals surface area contributed by atoms with Crippen LogP contribution in [0.4, 0.5) is 5.69 Å². The summed E-state index contributed by atoms with van der Waals surface area (Å²) in [6.45, 7) is 8.86. The highest BCUT2D eigenvalue weighted by molar-refractivity contribution is 5.68. The van der Waals surface area contributed by atoms with Gasteiger partial charge < -0.3 is 4.90 Å². The minimum Gasteiger partial charge on any atom is -0.370 e. The van der Waals surface area contributed by atoms with E-state index in [0.717, 1.165) is 19.4 Å². The van der Waals surface area contributed by atoms with Crippen molar-refractivity contribution in [2.75, 3.05) is 18.0 Å². The fourth-order valence-corrected chi connectivity index (χ4v) is 4.15. The number of rotatable bonds is 3. The van der Waals surface area contributed by atoms with Crippen LogP contribution in [0.5, 0.6) is 0 Å². The molecule has 0 saturated carbocycles. The zero-order valence-corrected chi connectivity index (χ0v) is 12.9. The minimum absolute atomic E-state index is 0.121. The fraction of sp³-hybridized carbons (Fsp3) is 0.611. The molecule has 2 heteroatoms. The lowest BCUT2D eigenvalue weighted by atomic mass is 9.70. The molecular formula is C18H24N2. The molecule has 0 radical (unpaired) electrons. The fourth-order valence-electron chi connectivity index (χ4n) is 4.15. The molecule has 0 N–H and O–H groups in total. The Balaban J connectivity index is 2.02. The quantitative estimate of drug-likeness (QED) is 0.827. The number of benzene rings is 1. The highest BCUT2D eigenvalue weighted by atomic mass is 15.2. The standard InChI is InChI=1S/C18H24N2/c1-4-17(2,12-19)11-18(3)13-20-10-6-8-14-7-5-9-15(18)16(14)20/h5,7,9H,4,6,8,10-11,13H2,1-3H3. The zero-order chi connectivity index (χ0) is 14.4. The number of aryl methyl sites for hydroxylation is 1. The van der Waals surface area contributed by atoms with Crippen molar-refractivity contribution >= 4 is 5.69 Å². The van der Waals surface area contributed by atoms with E-state index in [1.165, 1.54) is 36.2 Å². The van der Waals surface area contributed by atoms with Gasteiger partial charge in [0.1, 0.15) is 0 Å². The largest absolute Gasteiger partial charge is 0.370 e. The van der Waals surface area contributed by atoms with Gasteiger partial charge >= 0.3 is 0 Å². The van der Waals surface area contributed by atoms with Crippen LogP contribution in [0.3, 0.4) is 0 Å². The predicted octanol–water partition coefficient (Wildman–Crippen LogP) is 4.04. The summed E-state index contributed by atoms with van der Waals surface area (Å²) in [7, 11) is 0. The van der Waals surface area contributed by atoms with Crippen LogP contribution in [-0.2, 0) is 11.8 Å². The third-order valence-corrected chi connectivity index (χ3v) is 5.33. The van der Waals surface area contributed by atoms with Gasteiger partial charge in [-0.25, -0.2) is 0 Å². The van der Waals surface area contributed by atoms with Crippen molar-refractivity contribution in [2.45, 2.75) is 51.9 Å². The van der Waals surface area contributed by atoms with Crippen LogP contribution in [-0.4, -0.2) is 13.1 Å². The van der Waals surface area contributed by atoms with E-state index in [-0.39, 0.29) is 10.8 Å². The van der Waals surface area contributed by atoms with Crippen molar-refractivity contribution in [3.05, 3.63) is 29.3 Å². The van der Waals surface area contributed by atoms with Crippen LogP contribution in [0.1, 0.15) is 51.2 Å². The van der Waals surface area contributed by atoms with E-state index in [1.54, 1.807) is 0 Å². The second-order valence-electron chi connectivity index (χ2n) is 7.10. The number of nitriles is 1. The molecule has 20 heavy (non-hydrogen) atoms. The maximum atomic E-state index is 9.53. The van der Waals surface area contributed by atoms with Crippen molar-refractivity contribution in [3.8, 4) is 6.07 Å². The van der Waals surface area contributed by atoms with Gasteiger partial charge in [0.05, 0.1) is 11.5 Å². The van der Waals surface area contributed by atoms with E-state index in [1.807, 2.05) is 0 Å². The summed E-state index contributed by atoms with van der Waals surface area (Å²) in [6.07, 6.45) is 4.35. The summed E-state index contributed by atoms with van der Waals surface area (Å²) in [5, 5.41) is 9.53. The summed E-state index contributed by atoms with van der Waals surface area (Å²) in [4.78, 5) is 2.56. The Kier molecular flexibility index (Phi) is 3.05. The molecule has 106 valence electrons. The van der Waals surface area contributed by atoms with Crippen molar-refractivity contribution in [3.63, 3.8) is 0 Å². The normalized spacial score (nSPS) is 26.8. The Bertz CT molecular complexity index is 571. The van der Waals surface area contributed by atoms with Gasteiger partial charge in [0.15, 0.2) is 0 Å². The third-order valence-electron chi connectivity index (χ3n) is 5.33. The molecule has 0 aliphatic carbocycles. The van der Waals surface area contributed by atoms with Crippen molar-refractivity contribution in [1.82, 2.24) is 0 Å². The first-order valence-electron chi connectivity index (χ1n) is 7.80. The van der Waals surface area contributed by atoms with Crippen LogP contribution < -0.4 is 4.90 Å². The highest BCUT2D eigenvalue weighted by Crippen LogP contribution is 2.50. The number of para-hydroxylation sites is 1. The molecule has 2 atom stereocenters.